The van der Waals surface area contributed by atoms with E-state index < -0.39 is 0 Å². The number of hydrogen-bond donors (Lipinski definition) is 2. The quantitative estimate of drug-likeness (QED) is 0.724. The Balaban J connectivity index is 1.51. The van der Waals surface area contributed by atoms with Crippen LogP contribution in [0.2, 0.25) is 0 Å². The molecule has 0 spiro atoms. The summed E-state index contributed by atoms with van der Waals surface area (Å²) in [5, 5.41) is 5.94. The van der Waals surface area contributed by atoms with E-state index in [1.165, 1.54) is 12.1 Å². The Labute approximate surface area is 145 Å². The van der Waals surface area contributed by atoms with Gasteiger partial charge in [-0.3, -0.25) is 9.78 Å². The first-order chi connectivity index (χ1) is 12.2. The maximum atomic E-state index is 12.9. The van der Waals surface area contributed by atoms with Gasteiger partial charge in [-0.25, -0.2) is 9.37 Å². The largest absolute Gasteiger partial charge is 0.378 e. The number of benzene rings is 1. The minimum atomic E-state index is -0.320. The lowest BCUT2D eigenvalue weighted by atomic mass is 10.1. The Morgan fingerprint density at radius 1 is 1.00 bits per heavy atom. The zero-order valence-electron chi connectivity index (χ0n) is 13.4. The fourth-order valence-corrected chi connectivity index (χ4v) is 2.24. The third-order valence-electron chi connectivity index (χ3n) is 3.51. The van der Waals surface area contributed by atoms with E-state index in [1.54, 1.807) is 30.6 Å². The predicted octanol–water partition coefficient (Wildman–Crippen LogP) is 3.41. The molecule has 3 rings (SSSR count). The molecule has 0 aliphatic heterocycles. The van der Waals surface area contributed by atoms with Crippen LogP contribution in [0.25, 0.3) is 0 Å². The normalized spacial score (nSPS) is 10.3. The van der Waals surface area contributed by atoms with E-state index in [4.69, 9.17) is 0 Å². The summed E-state index contributed by atoms with van der Waals surface area (Å²) in [4.78, 5) is 20.4. The van der Waals surface area contributed by atoms with Crippen molar-refractivity contribution < 1.29 is 9.18 Å². The Morgan fingerprint density at radius 2 is 1.84 bits per heavy atom. The van der Waals surface area contributed by atoms with Gasteiger partial charge in [-0.2, -0.15) is 0 Å². The number of halogens is 1. The number of hydrogen-bond acceptors (Lipinski definition) is 4. The number of aromatic nitrogens is 2. The average Bonchev–Trinajstić information content (AvgIpc) is 2.64. The second-order valence-corrected chi connectivity index (χ2v) is 5.46. The summed E-state index contributed by atoms with van der Waals surface area (Å²) in [6.07, 6.45) is 3.56. The fraction of sp³-hybridized carbons (Fsp3) is 0.105. The van der Waals surface area contributed by atoms with Gasteiger partial charge in [0.1, 0.15) is 11.6 Å². The van der Waals surface area contributed by atoms with E-state index >= 15 is 0 Å². The van der Waals surface area contributed by atoms with Crippen molar-refractivity contribution in [2.24, 2.45) is 0 Å². The zero-order valence-corrected chi connectivity index (χ0v) is 13.4. The van der Waals surface area contributed by atoms with Crippen molar-refractivity contribution in [3.8, 4) is 0 Å². The van der Waals surface area contributed by atoms with Crippen molar-refractivity contribution in [1.82, 2.24) is 9.97 Å². The number of carbonyl (C=O) groups is 1. The summed E-state index contributed by atoms with van der Waals surface area (Å²) in [7, 11) is 0. The maximum absolute atomic E-state index is 12.9. The first-order valence-corrected chi connectivity index (χ1v) is 7.83. The van der Waals surface area contributed by atoms with E-state index in [1.807, 2.05) is 24.3 Å². The van der Waals surface area contributed by atoms with Gasteiger partial charge in [-0.1, -0.05) is 18.2 Å². The molecule has 6 heteroatoms. The summed E-state index contributed by atoms with van der Waals surface area (Å²) in [6.45, 7) is 0.596. The first kappa shape index (κ1) is 16.6. The van der Waals surface area contributed by atoms with Gasteiger partial charge >= 0.3 is 0 Å². The Morgan fingerprint density at radius 3 is 2.52 bits per heavy atom. The van der Waals surface area contributed by atoms with Gasteiger partial charge in [-0.15, -0.1) is 0 Å². The average molecular weight is 336 g/mol. The van der Waals surface area contributed by atoms with Gasteiger partial charge in [0.25, 0.3) is 0 Å². The molecule has 0 bridgehead atoms. The summed E-state index contributed by atoms with van der Waals surface area (Å²) < 4.78 is 12.9. The predicted molar refractivity (Wildman–Crippen MR) is 94.5 cm³/mol. The van der Waals surface area contributed by atoms with E-state index in [9.17, 15) is 9.18 Å². The Kier molecular flexibility index (Phi) is 5.31. The van der Waals surface area contributed by atoms with Crippen molar-refractivity contribution in [2.45, 2.75) is 13.0 Å². The Bertz CT molecular complexity index is 820. The van der Waals surface area contributed by atoms with E-state index in [0.29, 0.717) is 12.4 Å². The van der Waals surface area contributed by atoms with Crippen LogP contribution in [0.3, 0.4) is 0 Å². The van der Waals surface area contributed by atoms with Crippen LogP contribution in [-0.2, 0) is 17.8 Å². The number of nitrogens with zero attached hydrogens (tertiary/aromatic N) is 2. The SMILES string of the molecule is O=C(Cc1ccc(F)cc1)Nc1ccc(NCc2ccccn2)cn1. The van der Waals surface area contributed by atoms with Crippen LogP contribution in [-0.4, -0.2) is 15.9 Å². The molecule has 3 aromatic rings. The molecule has 0 saturated carbocycles. The molecule has 2 aromatic heterocycles. The van der Waals surface area contributed by atoms with E-state index in [-0.39, 0.29) is 18.1 Å². The number of nitrogens with one attached hydrogen (secondary N) is 2. The molecular formula is C19H17FN4O. The van der Waals surface area contributed by atoms with Crippen molar-refractivity contribution in [3.63, 3.8) is 0 Å². The highest BCUT2D eigenvalue weighted by Gasteiger charge is 2.05. The van der Waals surface area contributed by atoms with Crippen LogP contribution >= 0.6 is 0 Å². The Hall–Kier alpha value is -3.28. The third-order valence-corrected chi connectivity index (χ3v) is 3.51. The molecule has 0 radical (unpaired) electrons. The molecule has 2 N–H and O–H groups in total. The fourth-order valence-electron chi connectivity index (χ4n) is 2.24. The van der Waals surface area contributed by atoms with Crippen LogP contribution in [0.15, 0.2) is 67.0 Å². The number of rotatable bonds is 6. The molecule has 1 amide bonds. The molecule has 2 heterocycles. The second kappa shape index (κ2) is 8.01. The first-order valence-electron chi connectivity index (χ1n) is 7.83. The monoisotopic (exact) mass is 336 g/mol. The molecule has 0 atom stereocenters. The van der Waals surface area contributed by atoms with Gasteiger partial charge in [0, 0.05) is 6.20 Å². The van der Waals surface area contributed by atoms with Gasteiger partial charge in [-0.05, 0) is 42.0 Å². The highest BCUT2D eigenvalue weighted by Crippen LogP contribution is 2.11. The number of amides is 1. The zero-order chi connectivity index (χ0) is 17.5. The molecule has 25 heavy (non-hydrogen) atoms. The number of anilines is 2. The minimum absolute atomic E-state index is 0.168. The van der Waals surface area contributed by atoms with Gasteiger partial charge in [0.2, 0.25) is 5.91 Å². The van der Waals surface area contributed by atoms with Crippen LogP contribution < -0.4 is 10.6 Å². The second-order valence-electron chi connectivity index (χ2n) is 5.46. The van der Waals surface area contributed by atoms with E-state index in [2.05, 4.69) is 20.6 Å². The van der Waals surface area contributed by atoms with Crippen molar-refractivity contribution in [1.29, 1.82) is 0 Å². The molecule has 0 unspecified atom stereocenters. The lowest BCUT2D eigenvalue weighted by Gasteiger charge is -2.08. The van der Waals surface area contributed by atoms with Gasteiger partial charge in [0.15, 0.2) is 0 Å². The van der Waals surface area contributed by atoms with Crippen LogP contribution in [0.5, 0.6) is 0 Å². The summed E-state index contributed by atoms with van der Waals surface area (Å²) in [5.74, 6) is -0.0524. The lowest BCUT2D eigenvalue weighted by Crippen LogP contribution is -2.15. The highest BCUT2D eigenvalue weighted by atomic mass is 19.1. The van der Waals surface area contributed by atoms with Crippen molar-refractivity contribution in [3.05, 3.63) is 84.1 Å². The van der Waals surface area contributed by atoms with Crippen LogP contribution in [0.1, 0.15) is 11.3 Å². The summed E-state index contributed by atoms with van der Waals surface area (Å²) >= 11 is 0. The molecule has 0 fully saturated rings. The third kappa shape index (κ3) is 5.10. The molecule has 1 aromatic carbocycles. The molecular weight excluding hydrogens is 319 g/mol. The molecule has 0 aliphatic carbocycles. The van der Waals surface area contributed by atoms with Crippen LogP contribution in [0.4, 0.5) is 15.9 Å². The topological polar surface area (TPSA) is 66.9 Å². The molecule has 0 aliphatic rings. The number of pyridine rings is 2. The maximum Gasteiger partial charge on any atom is 0.229 e. The molecule has 126 valence electrons. The standard InChI is InChI=1S/C19H17FN4O/c20-15-6-4-14(5-7-15)11-19(25)24-18-9-8-17(13-23-18)22-12-16-3-1-2-10-21-16/h1-10,13,22H,11-12H2,(H,23,24,25). The smallest absolute Gasteiger partial charge is 0.229 e. The highest BCUT2D eigenvalue weighted by molar-refractivity contribution is 5.91. The summed E-state index contributed by atoms with van der Waals surface area (Å²) in [5.41, 5.74) is 2.51. The minimum Gasteiger partial charge on any atom is -0.378 e. The van der Waals surface area contributed by atoms with E-state index in [0.717, 1.165) is 16.9 Å². The van der Waals surface area contributed by atoms with Crippen molar-refractivity contribution in [2.75, 3.05) is 10.6 Å². The van der Waals surface area contributed by atoms with Crippen molar-refractivity contribution >= 4 is 17.4 Å². The summed E-state index contributed by atoms with van der Waals surface area (Å²) in [6, 6.07) is 15.2. The number of carbonyl (C=O) groups excluding carboxylic acids is 1. The van der Waals surface area contributed by atoms with Gasteiger partial charge < -0.3 is 10.6 Å². The lowest BCUT2D eigenvalue weighted by molar-refractivity contribution is -0.115. The molecule has 0 saturated heterocycles. The van der Waals surface area contributed by atoms with Crippen LogP contribution in [0, 0.1) is 5.82 Å². The molecule has 5 nitrogen and oxygen atoms in total. The van der Waals surface area contributed by atoms with Gasteiger partial charge in [0.05, 0.1) is 30.5 Å².